The topological polar surface area (TPSA) is 65.4 Å². The predicted molar refractivity (Wildman–Crippen MR) is 115 cm³/mol. The first-order valence-electron chi connectivity index (χ1n) is 10.4. The van der Waals surface area contributed by atoms with Crippen LogP contribution in [0.15, 0.2) is 60.9 Å². The molecule has 30 heavy (non-hydrogen) atoms. The van der Waals surface area contributed by atoms with Crippen molar-refractivity contribution in [3.8, 4) is 22.8 Å². The van der Waals surface area contributed by atoms with Gasteiger partial charge in [-0.1, -0.05) is 25.3 Å². The van der Waals surface area contributed by atoms with E-state index in [0.717, 1.165) is 35.4 Å². The van der Waals surface area contributed by atoms with E-state index in [1.165, 1.54) is 31.4 Å². The molecular formula is C24H23FN4O. The van der Waals surface area contributed by atoms with Crippen LogP contribution in [0.3, 0.4) is 0 Å². The summed E-state index contributed by atoms with van der Waals surface area (Å²) in [6.45, 7) is 0. The first-order chi connectivity index (χ1) is 14.7. The summed E-state index contributed by atoms with van der Waals surface area (Å²) in [4.78, 5) is 9.31. The van der Waals surface area contributed by atoms with E-state index in [2.05, 4.69) is 9.38 Å². The second-order valence-electron chi connectivity index (χ2n) is 7.77. The Labute approximate surface area is 174 Å². The van der Waals surface area contributed by atoms with Gasteiger partial charge < -0.3 is 10.5 Å². The molecule has 1 aliphatic rings. The average Bonchev–Trinajstić information content (AvgIpc) is 3.16. The lowest BCUT2D eigenvalue weighted by molar-refractivity contribution is 0.428. The van der Waals surface area contributed by atoms with Crippen LogP contribution in [-0.4, -0.2) is 14.4 Å². The van der Waals surface area contributed by atoms with Crippen LogP contribution in [0.25, 0.3) is 16.8 Å². The van der Waals surface area contributed by atoms with E-state index >= 15 is 0 Å². The summed E-state index contributed by atoms with van der Waals surface area (Å²) in [6, 6.07) is 13.7. The number of hydrogen-bond acceptors (Lipinski definition) is 4. The minimum Gasteiger partial charge on any atom is -0.457 e. The Morgan fingerprint density at radius 2 is 1.80 bits per heavy atom. The number of hydrogen-bond donors (Lipinski definition) is 1. The van der Waals surface area contributed by atoms with Crippen molar-refractivity contribution >= 4 is 11.3 Å². The van der Waals surface area contributed by atoms with E-state index in [1.807, 2.05) is 30.5 Å². The molecule has 1 fully saturated rings. The maximum absolute atomic E-state index is 13.4. The fraction of sp³-hybridized carbons (Fsp3) is 0.250. The zero-order chi connectivity index (χ0) is 20.5. The first-order valence-corrected chi connectivity index (χ1v) is 10.4. The molecule has 0 radical (unpaired) electrons. The predicted octanol–water partition coefficient (Wildman–Crippen LogP) is 5.96. The SMILES string of the molecule is Nc1nccn2c(C3CCCCC3)nc(-c3ccc(Oc4cccc(F)c4)cc3)c12. The highest BCUT2D eigenvalue weighted by molar-refractivity contribution is 5.85. The monoisotopic (exact) mass is 402 g/mol. The van der Waals surface area contributed by atoms with E-state index < -0.39 is 0 Å². The molecule has 5 nitrogen and oxygen atoms in total. The van der Waals surface area contributed by atoms with E-state index in [4.69, 9.17) is 15.5 Å². The zero-order valence-electron chi connectivity index (χ0n) is 16.6. The normalized spacial score (nSPS) is 14.8. The maximum Gasteiger partial charge on any atom is 0.150 e. The minimum absolute atomic E-state index is 0.327. The van der Waals surface area contributed by atoms with Gasteiger partial charge in [-0.2, -0.15) is 0 Å². The van der Waals surface area contributed by atoms with Gasteiger partial charge in [0.15, 0.2) is 0 Å². The number of fused-ring (bicyclic) bond motifs is 1. The molecule has 6 heteroatoms. The lowest BCUT2D eigenvalue weighted by Crippen LogP contribution is -2.09. The smallest absolute Gasteiger partial charge is 0.150 e. The molecule has 0 saturated heterocycles. The summed E-state index contributed by atoms with van der Waals surface area (Å²) in [5, 5.41) is 0. The van der Waals surface area contributed by atoms with Gasteiger partial charge in [-0.3, -0.25) is 4.40 Å². The van der Waals surface area contributed by atoms with Gasteiger partial charge in [0.1, 0.15) is 40.2 Å². The van der Waals surface area contributed by atoms with Crippen LogP contribution < -0.4 is 10.5 Å². The molecule has 2 N–H and O–H groups in total. The number of imidazole rings is 1. The Bertz CT molecular complexity index is 1180. The van der Waals surface area contributed by atoms with Crippen LogP contribution in [0.4, 0.5) is 10.2 Å². The van der Waals surface area contributed by atoms with Crippen LogP contribution in [-0.2, 0) is 0 Å². The third-order valence-electron chi connectivity index (χ3n) is 5.74. The van der Waals surface area contributed by atoms with Gasteiger partial charge in [-0.05, 0) is 49.2 Å². The van der Waals surface area contributed by atoms with Crippen LogP contribution in [0, 0.1) is 5.82 Å². The molecule has 1 aliphatic carbocycles. The number of anilines is 1. The number of rotatable bonds is 4. The van der Waals surface area contributed by atoms with Crippen molar-refractivity contribution in [2.75, 3.05) is 5.73 Å². The second kappa shape index (κ2) is 7.78. The Morgan fingerprint density at radius 1 is 1.00 bits per heavy atom. The summed E-state index contributed by atoms with van der Waals surface area (Å²) >= 11 is 0. The zero-order valence-corrected chi connectivity index (χ0v) is 16.6. The Balaban J connectivity index is 1.51. The van der Waals surface area contributed by atoms with Crippen LogP contribution in [0.1, 0.15) is 43.8 Å². The highest BCUT2D eigenvalue weighted by Crippen LogP contribution is 2.37. The maximum atomic E-state index is 13.4. The molecule has 4 aromatic rings. The van der Waals surface area contributed by atoms with Gasteiger partial charge in [-0.15, -0.1) is 0 Å². The van der Waals surface area contributed by atoms with Gasteiger partial charge in [0.05, 0.1) is 0 Å². The molecule has 152 valence electrons. The van der Waals surface area contributed by atoms with Crippen molar-refractivity contribution in [2.24, 2.45) is 0 Å². The highest BCUT2D eigenvalue weighted by Gasteiger charge is 2.24. The molecule has 0 unspecified atom stereocenters. The highest BCUT2D eigenvalue weighted by atomic mass is 19.1. The molecule has 5 rings (SSSR count). The third kappa shape index (κ3) is 3.49. The summed E-state index contributed by atoms with van der Waals surface area (Å²) in [6.07, 6.45) is 9.76. The second-order valence-corrected chi connectivity index (χ2v) is 7.77. The fourth-order valence-electron chi connectivity index (χ4n) is 4.28. The largest absolute Gasteiger partial charge is 0.457 e. The number of aromatic nitrogens is 3. The van der Waals surface area contributed by atoms with Crippen LogP contribution in [0.2, 0.25) is 0 Å². The number of benzene rings is 2. The molecule has 0 atom stereocenters. The summed E-state index contributed by atoms with van der Waals surface area (Å²) in [5.41, 5.74) is 8.87. The van der Waals surface area contributed by atoms with Gasteiger partial charge >= 0.3 is 0 Å². The van der Waals surface area contributed by atoms with E-state index in [0.29, 0.717) is 23.2 Å². The molecule has 2 aromatic heterocycles. The number of nitrogens with zero attached hydrogens (tertiary/aromatic N) is 3. The van der Waals surface area contributed by atoms with Gasteiger partial charge in [0.2, 0.25) is 0 Å². The Kier molecular flexibility index (Phi) is 4.83. The fourth-order valence-corrected chi connectivity index (χ4v) is 4.28. The summed E-state index contributed by atoms with van der Waals surface area (Å²) < 4.78 is 21.2. The number of halogens is 1. The molecule has 0 aliphatic heterocycles. The van der Waals surface area contributed by atoms with Crippen molar-refractivity contribution in [1.29, 1.82) is 0 Å². The Morgan fingerprint density at radius 3 is 2.57 bits per heavy atom. The molecule has 2 aromatic carbocycles. The van der Waals surface area contributed by atoms with Gasteiger partial charge in [-0.25, -0.2) is 14.4 Å². The lowest BCUT2D eigenvalue weighted by Gasteiger charge is -2.20. The molecule has 0 spiro atoms. The third-order valence-corrected chi connectivity index (χ3v) is 5.74. The quantitative estimate of drug-likeness (QED) is 0.457. The van der Waals surface area contributed by atoms with Crippen molar-refractivity contribution < 1.29 is 9.13 Å². The van der Waals surface area contributed by atoms with E-state index in [1.54, 1.807) is 18.3 Å². The van der Waals surface area contributed by atoms with Crippen molar-refractivity contribution in [3.05, 3.63) is 72.6 Å². The number of ether oxygens (including phenoxy) is 1. The van der Waals surface area contributed by atoms with Crippen LogP contribution >= 0.6 is 0 Å². The number of nitrogens with two attached hydrogens (primary N) is 1. The van der Waals surface area contributed by atoms with E-state index in [9.17, 15) is 4.39 Å². The average molecular weight is 402 g/mol. The molecular weight excluding hydrogens is 379 g/mol. The van der Waals surface area contributed by atoms with Gasteiger partial charge in [0, 0.05) is 29.9 Å². The van der Waals surface area contributed by atoms with Crippen LogP contribution in [0.5, 0.6) is 11.5 Å². The first kappa shape index (κ1) is 18.6. The summed E-state index contributed by atoms with van der Waals surface area (Å²) in [7, 11) is 0. The van der Waals surface area contributed by atoms with Crippen molar-refractivity contribution in [2.45, 2.75) is 38.0 Å². The Hall–Kier alpha value is -3.41. The molecule has 0 bridgehead atoms. The lowest BCUT2D eigenvalue weighted by atomic mass is 9.89. The van der Waals surface area contributed by atoms with Crippen molar-refractivity contribution in [1.82, 2.24) is 14.4 Å². The van der Waals surface area contributed by atoms with Crippen molar-refractivity contribution in [3.63, 3.8) is 0 Å². The molecule has 2 heterocycles. The minimum atomic E-state index is -0.327. The molecule has 0 amide bonds. The van der Waals surface area contributed by atoms with E-state index in [-0.39, 0.29) is 5.82 Å². The van der Waals surface area contributed by atoms with Gasteiger partial charge in [0.25, 0.3) is 0 Å². The summed E-state index contributed by atoms with van der Waals surface area (Å²) in [5.74, 6) is 2.75. The standard InChI is InChI=1S/C24H23FN4O/c25-18-7-4-8-20(15-18)30-19-11-9-16(10-12-19)21-22-23(26)27-13-14-29(22)24(28-21)17-5-2-1-3-6-17/h4,7-15,17H,1-3,5-6H2,(H2,26,27). The molecule has 1 saturated carbocycles. The number of nitrogen functional groups attached to an aromatic ring is 1.